The average Bonchev–Trinajstić information content (AvgIpc) is 2.53. The molecule has 0 bridgehead atoms. The van der Waals surface area contributed by atoms with Gasteiger partial charge in [0.15, 0.2) is 6.29 Å². The van der Waals surface area contributed by atoms with Crippen molar-refractivity contribution >= 4 is 10.1 Å². The Morgan fingerprint density at radius 1 is 1.39 bits per heavy atom. The Morgan fingerprint density at radius 3 is 2.78 bits per heavy atom. The number of benzene rings is 1. The molecule has 0 N–H and O–H groups in total. The van der Waals surface area contributed by atoms with Gasteiger partial charge in [-0.3, -0.25) is 4.18 Å². The van der Waals surface area contributed by atoms with Crippen molar-refractivity contribution in [2.24, 2.45) is 5.11 Å². The van der Waals surface area contributed by atoms with Crippen LogP contribution in [-0.4, -0.2) is 40.0 Å². The molecule has 1 aliphatic heterocycles. The quantitative estimate of drug-likeness (QED) is 0.249. The fraction of sp³-hybridized carbons (Fsp3) is 0.571. The standard InChI is InChI=1S/C14H19N3O5S/c1-23(18,19)21-9-5-8-13-12(16-17-15)10-20-14(22-13)11-6-3-2-4-7-11/h2-4,6-7,12-14H,5,8-10H2,1H3/t12-,13+,14?/m1/s1. The number of hydrogen-bond donors (Lipinski definition) is 0. The lowest BCUT2D eigenvalue weighted by molar-refractivity contribution is -0.226. The predicted octanol–water partition coefficient (Wildman–Crippen LogP) is 2.54. The highest BCUT2D eigenvalue weighted by Crippen LogP contribution is 2.29. The number of nitrogens with zero attached hydrogens (tertiary/aromatic N) is 3. The smallest absolute Gasteiger partial charge is 0.264 e. The highest BCUT2D eigenvalue weighted by molar-refractivity contribution is 7.85. The summed E-state index contributed by atoms with van der Waals surface area (Å²) in [5, 5.41) is 3.69. The molecule has 1 heterocycles. The fourth-order valence-electron chi connectivity index (χ4n) is 2.30. The third-order valence-electron chi connectivity index (χ3n) is 3.35. The summed E-state index contributed by atoms with van der Waals surface area (Å²) in [7, 11) is -3.45. The van der Waals surface area contributed by atoms with Crippen molar-refractivity contribution < 1.29 is 22.1 Å². The first-order valence-electron chi connectivity index (χ1n) is 7.20. The van der Waals surface area contributed by atoms with E-state index in [1.165, 1.54) is 0 Å². The predicted molar refractivity (Wildman–Crippen MR) is 83.0 cm³/mol. The Morgan fingerprint density at radius 2 is 2.13 bits per heavy atom. The maximum absolute atomic E-state index is 10.9. The Bertz CT molecular complexity index is 646. The van der Waals surface area contributed by atoms with Crippen LogP contribution in [0.15, 0.2) is 35.4 Å². The van der Waals surface area contributed by atoms with Gasteiger partial charge in [-0.15, -0.1) is 0 Å². The minimum absolute atomic E-state index is 0.0680. The SMILES string of the molecule is CS(=O)(=O)OCCC[C@@H]1OC(c2ccccc2)OC[C@H]1N=[N+]=[N-]. The van der Waals surface area contributed by atoms with Gasteiger partial charge in [-0.05, 0) is 18.4 Å². The summed E-state index contributed by atoms with van der Waals surface area (Å²) in [6.07, 6.45) is 1.10. The summed E-state index contributed by atoms with van der Waals surface area (Å²) < 4.78 is 38.1. The van der Waals surface area contributed by atoms with Crippen LogP contribution in [0.2, 0.25) is 0 Å². The van der Waals surface area contributed by atoms with Crippen molar-refractivity contribution in [1.29, 1.82) is 0 Å². The van der Waals surface area contributed by atoms with E-state index in [0.29, 0.717) is 12.8 Å². The van der Waals surface area contributed by atoms with Crippen molar-refractivity contribution in [1.82, 2.24) is 0 Å². The Labute approximate surface area is 135 Å². The lowest BCUT2D eigenvalue weighted by atomic mass is 10.1. The van der Waals surface area contributed by atoms with E-state index in [2.05, 4.69) is 10.0 Å². The second kappa shape index (κ2) is 8.28. The number of ether oxygens (including phenoxy) is 2. The van der Waals surface area contributed by atoms with E-state index in [1.54, 1.807) is 0 Å². The van der Waals surface area contributed by atoms with E-state index in [1.807, 2.05) is 30.3 Å². The first-order valence-corrected chi connectivity index (χ1v) is 9.02. The highest BCUT2D eigenvalue weighted by atomic mass is 32.2. The molecule has 1 aromatic rings. The maximum Gasteiger partial charge on any atom is 0.264 e. The fourth-order valence-corrected chi connectivity index (χ4v) is 2.72. The molecule has 0 radical (unpaired) electrons. The van der Waals surface area contributed by atoms with E-state index >= 15 is 0 Å². The van der Waals surface area contributed by atoms with E-state index < -0.39 is 22.4 Å². The molecule has 0 aliphatic carbocycles. The zero-order chi connectivity index (χ0) is 16.7. The molecule has 0 spiro atoms. The van der Waals surface area contributed by atoms with Gasteiger partial charge in [-0.1, -0.05) is 35.4 Å². The van der Waals surface area contributed by atoms with Crippen LogP contribution in [0.3, 0.4) is 0 Å². The first-order chi connectivity index (χ1) is 11.0. The van der Waals surface area contributed by atoms with Gasteiger partial charge in [0, 0.05) is 10.5 Å². The molecule has 9 heteroatoms. The minimum atomic E-state index is -3.45. The van der Waals surface area contributed by atoms with Crippen LogP contribution in [0.4, 0.5) is 0 Å². The van der Waals surface area contributed by atoms with Crippen molar-refractivity contribution in [3.63, 3.8) is 0 Å². The monoisotopic (exact) mass is 341 g/mol. The molecule has 23 heavy (non-hydrogen) atoms. The van der Waals surface area contributed by atoms with E-state index in [0.717, 1.165) is 11.8 Å². The zero-order valence-electron chi connectivity index (χ0n) is 12.7. The Kier molecular flexibility index (Phi) is 6.37. The van der Waals surface area contributed by atoms with Crippen LogP contribution >= 0.6 is 0 Å². The second-order valence-electron chi connectivity index (χ2n) is 5.19. The van der Waals surface area contributed by atoms with E-state index in [9.17, 15) is 8.42 Å². The van der Waals surface area contributed by atoms with Crippen LogP contribution in [0.1, 0.15) is 24.7 Å². The van der Waals surface area contributed by atoms with E-state index in [4.69, 9.17) is 19.2 Å². The third kappa shape index (κ3) is 5.81. The summed E-state index contributed by atoms with van der Waals surface area (Å²) in [4.78, 5) is 2.81. The first kappa shape index (κ1) is 17.7. The van der Waals surface area contributed by atoms with Gasteiger partial charge in [0.1, 0.15) is 0 Å². The molecule has 1 saturated heterocycles. The van der Waals surface area contributed by atoms with Crippen LogP contribution in [0, 0.1) is 0 Å². The molecule has 0 amide bonds. The topological polar surface area (TPSA) is 111 Å². The van der Waals surface area contributed by atoms with Gasteiger partial charge >= 0.3 is 0 Å². The molecule has 1 fully saturated rings. The van der Waals surface area contributed by atoms with Crippen LogP contribution in [0.5, 0.6) is 0 Å². The lowest BCUT2D eigenvalue weighted by Gasteiger charge is -2.34. The molecule has 3 atom stereocenters. The van der Waals surface area contributed by atoms with Crippen LogP contribution < -0.4 is 0 Å². The van der Waals surface area contributed by atoms with Gasteiger partial charge in [0.2, 0.25) is 0 Å². The molecular weight excluding hydrogens is 322 g/mol. The van der Waals surface area contributed by atoms with Gasteiger partial charge in [0.25, 0.3) is 10.1 Å². The largest absolute Gasteiger partial charge is 0.348 e. The number of rotatable bonds is 7. The molecule has 1 unspecified atom stereocenters. The summed E-state index contributed by atoms with van der Waals surface area (Å²) in [6, 6.07) is 9.01. The molecule has 0 aromatic heterocycles. The molecule has 126 valence electrons. The normalized spacial score (nSPS) is 24.8. The van der Waals surface area contributed by atoms with Crippen molar-refractivity contribution in [2.45, 2.75) is 31.3 Å². The van der Waals surface area contributed by atoms with Crippen molar-refractivity contribution in [3.05, 3.63) is 46.3 Å². The lowest BCUT2D eigenvalue weighted by Crippen LogP contribution is -2.39. The number of azide groups is 1. The summed E-state index contributed by atoms with van der Waals surface area (Å²) in [5.74, 6) is 0. The molecule has 0 saturated carbocycles. The average molecular weight is 341 g/mol. The minimum Gasteiger partial charge on any atom is -0.348 e. The number of hydrogen-bond acceptors (Lipinski definition) is 6. The van der Waals surface area contributed by atoms with Crippen molar-refractivity contribution in [3.8, 4) is 0 Å². The molecule has 8 nitrogen and oxygen atoms in total. The van der Waals surface area contributed by atoms with Crippen molar-refractivity contribution in [2.75, 3.05) is 19.5 Å². The summed E-state index contributed by atoms with van der Waals surface area (Å²) in [5.41, 5.74) is 9.52. The van der Waals surface area contributed by atoms with Gasteiger partial charge < -0.3 is 9.47 Å². The molecular formula is C14H19N3O5S. The van der Waals surface area contributed by atoms with Gasteiger partial charge in [0.05, 0.1) is 31.6 Å². The van der Waals surface area contributed by atoms with Crippen LogP contribution in [-0.2, 0) is 23.8 Å². The highest BCUT2D eigenvalue weighted by Gasteiger charge is 2.31. The van der Waals surface area contributed by atoms with E-state index in [-0.39, 0.29) is 19.3 Å². The molecule has 1 aliphatic rings. The Balaban J connectivity index is 1.95. The zero-order valence-corrected chi connectivity index (χ0v) is 13.6. The second-order valence-corrected chi connectivity index (χ2v) is 6.84. The van der Waals surface area contributed by atoms with Gasteiger partial charge in [-0.2, -0.15) is 8.42 Å². The van der Waals surface area contributed by atoms with Crippen LogP contribution in [0.25, 0.3) is 10.4 Å². The molecule has 1 aromatic carbocycles. The molecule has 2 rings (SSSR count). The summed E-state index contributed by atoms with van der Waals surface area (Å²) in [6.45, 7) is 0.319. The maximum atomic E-state index is 10.9. The third-order valence-corrected chi connectivity index (χ3v) is 3.94. The van der Waals surface area contributed by atoms with Gasteiger partial charge in [-0.25, -0.2) is 0 Å². The Hall–Kier alpha value is -1.64. The summed E-state index contributed by atoms with van der Waals surface area (Å²) >= 11 is 0.